The second kappa shape index (κ2) is 11.6. The normalized spacial score (nSPS) is 36.9. The van der Waals surface area contributed by atoms with Crippen LogP contribution in [0, 0.1) is 5.92 Å². The van der Waals surface area contributed by atoms with Crippen LogP contribution in [-0.4, -0.2) is 118 Å². The number of aliphatic hydroxyl groups excluding tert-OH is 6. The average molecular weight is 571 g/mol. The van der Waals surface area contributed by atoms with Crippen molar-refractivity contribution in [2.45, 2.75) is 68.1 Å². The number of ether oxygens (including phenoxy) is 2. The van der Waals surface area contributed by atoms with Crippen molar-refractivity contribution >= 4 is 19.6 Å². The summed E-state index contributed by atoms with van der Waals surface area (Å²) in [5.41, 5.74) is 4.48. The summed E-state index contributed by atoms with van der Waals surface area (Å²) in [5, 5.41) is 69.7. The lowest BCUT2D eigenvalue weighted by molar-refractivity contribution is -0.296. The number of phosphoric acid groups is 1. The number of nitrogens with two attached hydrogens (primary N) is 1. The molecule has 0 aliphatic carbocycles. The van der Waals surface area contributed by atoms with Gasteiger partial charge in [-0.1, -0.05) is 6.92 Å². The first kappa shape index (κ1) is 30.5. The molecule has 2 aliphatic heterocycles. The summed E-state index contributed by atoms with van der Waals surface area (Å²) in [6.45, 7) is -0.559. The molecular weight excluding hydrogens is 541 g/mol. The molecule has 0 bridgehead atoms. The van der Waals surface area contributed by atoms with Crippen LogP contribution in [0.1, 0.15) is 19.6 Å². The van der Waals surface area contributed by atoms with E-state index in [2.05, 4.69) is 4.98 Å². The van der Waals surface area contributed by atoms with Gasteiger partial charge in [-0.05, 0) is 6.07 Å². The molecule has 1 aromatic heterocycles. The summed E-state index contributed by atoms with van der Waals surface area (Å²) in [6.07, 6.45) is -13.2. The largest absolute Gasteiger partial charge is 0.477 e. The predicted molar refractivity (Wildman–Crippen MR) is 120 cm³/mol. The maximum absolute atomic E-state index is 12.7. The first-order valence-corrected chi connectivity index (χ1v) is 12.7. The molecule has 11 atom stereocenters. The fraction of sp³-hybridized carbons (Fsp3) is 0.737. The third kappa shape index (κ3) is 6.22. The Bertz CT molecular complexity index is 1110. The average Bonchev–Trinajstić information content (AvgIpc) is 3.12. The number of nitrogens with zero attached hydrogens (tertiary/aromatic N) is 2. The number of aliphatic carboxylic acids is 1. The number of aromatic nitrogens is 2. The third-order valence-corrected chi connectivity index (χ3v) is 7.30. The topological polar surface area (TPSA) is 294 Å². The second-order valence-corrected chi connectivity index (χ2v) is 10.3. The summed E-state index contributed by atoms with van der Waals surface area (Å²) in [7, 11) is -5.40. The molecule has 3 heterocycles. The molecule has 2 saturated heterocycles. The number of phosphoric ester groups is 1. The van der Waals surface area contributed by atoms with Gasteiger partial charge in [-0.3, -0.25) is 9.09 Å². The highest BCUT2D eigenvalue weighted by atomic mass is 31.2. The van der Waals surface area contributed by atoms with Crippen LogP contribution < -0.4 is 11.4 Å². The van der Waals surface area contributed by atoms with Crippen LogP contribution in [0.2, 0.25) is 0 Å². The zero-order chi connectivity index (χ0) is 28.6. The Kier molecular flexibility index (Phi) is 9.29. The zero-order valence-corrected chi connectivity index (χ0v) is 20.7. The smallest absolute Gasteiger partial charge is 0.475 e. The fourth-order valence-electron chi connectivity index (χ4n) is 4.10. The standard InChI is InChI=1S/C19H30N3O15P/c1-7-8(24)4-19(17(29)30,36-15(7)12(26)9(25)5-23)37-38(32,33)34-6-10-13(27)14(28)16(35-10)22-3-2-11(20)21-18(22)31/h2-3,7-10,12-16,23-28H,4-6H2,1H3,(H,29,30)(H,32,33)(H2,20,21,31)/t7-,8+,9-,10-,12-,13+,14?,15?,16-,19?/m1/s1. The van der Waals surface area contributed by atoms with E-state index in [0.717, 1.165) is 10.8 Å². The maximum atomic E-state index is 12.7. The van der Waals surface area contributed by atoms with Crippen LogP contribution in [-0.2, 0) is 27.9 Å². The lowest BCUT2D eigenvalue weighted by Gasteiger charge is -2.45. The fourth-order valence-corrected chi connectivity index (χ4v) is 5.05. The first-order valence-electron chi connectivity index (χ1n) is 11.2. The Morgan fingerprint density at radius 3 is 2.58 bits per heavy atom. The van der Waals surface area contributed by atoms with Gasteiger partial charge >= 0.3 is 19.5 Å². The Morgan fingerprint density at radius 1 is 1.34 bits per heavy atom. The molecule has 18 nitrogen and oxygen atoms in total. The van der Waals surface area contributed by atoms with Gasteiger partial charge in [-0.25, -0.2) is 18.7 Å². The predicted octanol–water partition coefficient (Wildman–Crippen LogP) is -4.14. The van der Waals surface area contributed by atoms with E-state index in [4.69, 9.17) is 29.4 Å². The molecule has 3 rings (SSSR count). The van der Waals surface area contributed by atoms with E-state index in [1.807, 2.05) is 0 Å². The quantitative estimate of drug-likeness (QED) is 0.120. The maximum Gasteiger partial charge on any atom is 0.475 e. The third-order valence-electron chi connectivity index (χ3n) is 6.30. The van der Waals surface area contributed by atoms with E-state index in [1.54, 1.807) is 0 Å². The van der Waals surface area contributed by atoms with Crippen molar-refractivity contribution in [2.24, 2.45) is 5.92 Å². The molecule has 0 radical (unpaired) electrons. The molecule has 4 unspecified atom stereocenters. The van der Waals surface area contributed by atoms with Crippen molar-refractivity contribution in [1.82, 2.24) is 9.55 Å². The van der Waals surface area contributed by atoms with Crippen LogP contribution in [0.15, 0.2) is 17.1 Å². The Labute approximate surface area is 214 Å². The number of aliphatic hydroxyl groups is 6. The van der Waals surface area contributed by atoms with Crippen molar-refractivity contribution in [3.63, 3.8) is 0 Å². The van der Waals surface area contributed by atoms with Crippen molar-refractivity contribution in [2.75, 3.05) is 18.9 Å². The van der Waals surface area contributed by atoms with E-state index < -0.39 is 99.8 Å². The molecule has 2 aliphatic rings. The van der Waals surface area contributed by atoms with Crippen LogP contribution in [0.3, 0.4) is 0 Å². The van der Waals surface area contributed by atoms with Gasteiger partial charge in [0.15, 0.2) is 6.23 Å². The molecule has 1 aromatic rings. The Hall–Kier alpha value is -2.06. The van der Waals surface area contributed by atoms with Crippen LogP contribution in [0.25, 0.3) is 0 Å². The minimum atomic E-state index is -5.40. The van der Waals surface area contributed by atoms with E-state index in [9.17, 15) is 49.7 Å². The number of carboxylic acids is 1. The zero-order valence-electron chi connectivity index (χ0n) is 19.8. The minimum absolute atomic E-state index is 0.116. The van der Waals surface area contributed by atoms with Gasteiger partial charge in [0.2, 0.25) is 0 Å². The lowest BCUT2D eigenvalue weighted by Crippen LogP contribution is -2.61. The number of carboxylic acid groups (broad SMARTS) is 1. The van der Waals surface area contributed by atoms with Crippen LogP contribution in [0.5, 0.6) is 0 Å². The van der Waals surface area contributed by atoms with Gasteiger partial charge in [-0.2, -0.15) is 4.98 Å². The van der Waals surface area contributed by atoms with E-state index >= 15 is 0 Å². The van der Waals surface area contributed by atoms with E-state index in [1.165, 1.54) is 13.0 Å². The minimum Gasteiger partial charge on any atom is -0.477 e. The lowest BCUT2D eigenvalue weighted by atomic mass is 9.85. The number of carbonyl (C=O) groups is 1. The molecule has 0 saturated carbocycles. The molecular formula is C19H30N3O15P. The molecule has 10 N–H and O–H groups in total. The molecule has 0 aromatic carbocycles. The van der Waals surface area contributed by atoms with Gasteiger partial charge in [0.1, 0.15) is 36.3 Å². The number of rotatable bonds is 10. The van der Waals surface area contributed by atoms with Crippen molar-refractivity contribution < 1.29 is 68.5 Å². The van der Waals surface area contributed by atoms with Gasteiger partial charge in [0.25, 0.3) is 5.79 Å². The number of nitrogen functional groups attached to an aromatic ring is 1. The van der Waals surface area contributed by atoms with Gasteiger partial charge in [0.05, 0.1) is 25.4 Å². The van der Waals surface area contributed by atoms with Gasteiger partial charge in [-0.15, -0.1) is 0 Å². The number of anilines is 1. The number of hydrogen-bond acceptors (Lipinski definition) is 15. The van der Waals surface area contributed by atoms with Gasteiger partial charge < -0.3 is 55.8 Å². The number of hydrogen-bond donors (Lipinski definition) is 9. The summed E-state index contributed by atoms with van der Waals surface area (Å²) in [5.74, 6) is -6.15. The van der Waals surface area contributed by atoms with Crippen molar-refractivity contribution in [3.05, 3.63) is 22.7 Å². The monoisotopic (exact) mass is 571 g/mol. The van der Waals surface area contributed by atoms with Crippen LogP contribution in [0.4, 0.5) is 5.82 Å². The first-order chi connectivity index (χ1) is 17.6. The highest BCUT2D eigenvalue weighted by Crippen LogP contribution is 2.52. The second-order valence-electron chi connectivity index (χ2n) is 8.96. The summed E-state index contributed by atoms with van der Waals surface area (Å²) < 4.78 is 33.7. The van der Waals surface area contributed by atoms with Crippen molar-refractivity contribution in [1.29, 1.82) is 0 Å². The Morgan fingerprint density at radius 2 is 2.00 bits per heavy atom. The van der Waals surface area contributed by atoms with Crippen molar-refractivity contribution in [3.8, 4) is 0 Å². The summed E-state index contributed by atoms with van der Waals surface area (Å²) in [4.78, 5) is 37.8. The summed E-state index contributed by atoms with van der Waals surface area (Å²) >= 11 is 0. The molecule has 0 amide bonds. The molecule has 19 heteroatoms. The Balaban J connectivity index is 1.74. The van der Waals surface area contributed by atoms with Crippen LogP contribution >= 0.6 is 7.82 Å². The molecule has 216 valence electrons. The van der Waals surface area contributed by atoms with E-state index in [-0.39, 0.29) is 5.82 Å². The molecule has 0 spiro atoms. The molecule has 38 heavy (non-hydrogen) atoms. The highest BCUT2D eigenvalue weighted by molar-refractivity contribution is 7.47. The van der Waals surface area contributed by atoms with Gasteiger partial charge in [0, 0.05) is 18.5 Å². The highest BCUT2D eigenvalue weighted by Gasteiger charge is 2.57. The summed E-state index contributed by atoms with van der Waals surface area (Å²) in [6, 6.07) is 1.22. The SMILES string of the molecule is C[C@H]1C([C@H](O)[C@H](O)CO)OC(OP(=O)(O)OC[C@H]2O[C@@H](n3ccc(N)nc3=O)C(O)[C@H]2O)(C(=O)O)C[C@@H]1O. The van der Waals surface area contributed by atoms with E-state index in [0.29, 0.717) is 0 Å². The molecule has 2 fully saturated rings.